The molecule has 1 saturated heterocycles. The molecule has 3 N–H and O–H groups in total. The van der Waals surface area contributed by atoms with Crippen LogP contribution in [0.15, 0.2) is 48.8 Å². The van der Waals surface area contributed by atoms with E-state index in [4.69, 9.17) is 5.73 Å². The first-order valence-corrected chi connectivity index (χ1v) is 12.9. The number of aromatic nitrogens is 3. The van der Waals surface area contributed by atoms with Crippen molar-refractivity contribution in [3.05, 3.63) is 54.4 Å². The molecule has 194 valence electrons. The van der Waals surface area contributed by atoms with E-state index in [1.54, 1.807) is 11.8 Å². The number of nitrogen functional groups attached to an aromatic ring is 1. The second-order valence-corrected chi connectivity index (χ2v) is 10.1. The Balaban J connectivity index is 1.51. The highest BCUT2D eigenvalue weighted by molar-refractivity contribution is 6.05. The molecule has 38 heavy (non-hydrogen) atoms. The third kappa shape index (κ3) is 4.43. The van der Waals surface area contributed by atoms with Crippen molar-refractivity contribution >= 4 is 39.9 Å². The molecule has 3 aromatic rings. The van der Waals surface area contributed by atoms with Gasteiger partial charge < -0.3 is 20.5 Å². The quantitative estimate of drug-likeness (QED) is 0.490. The number of allylic oxidation sites excluding steroid dienone is 2. The summed E-state index contributed by atoms with van der Waals surface area (Å²) in [5.41, 5.74) is 12.2. The summed E-state index contributed by atoms with van der Waals surface area (Å²) in [4.78, 5) is 35.8. The lowest BCUT2D eigenvalue weighted by atomic mass is 9.84. The van der Waals surface area contributed by atoms with Gasteiger partial charge >= 0.3 is 0 Å². The second-order valence-electron chi connectivity index (χ2n) is 10.1. The zero-order valence-corrected chi connectivity index (χ0v) is 21.7. The fourth-order valence-electron chi connectivity index (χ4n) is 5.56. The number of hydrogen-bond acceptors (Lipinski definition) is 6. The number of amides is 2. The fourth-order valence-corrected chi connectivity index (χ4v) is 5.56. The predicted molar refractivity (Wildman–Crippen MR) is 147 cm³/mol. The lowest BCUT2D eigenvalue weighted by Gasteiger charge is -2.28. The average molecular weight is 510 g/mol. The summed E-state index contributed by atoms with van der Waals surface area (Å²) in [6.45, 7) is 6.01. The van der Waals surface area contributed by atoms with Crippen LogP contribution in [-0.2, 0) is 16.6 Å². The van der Waals surface area contributed by atoms with E-state index >= 15 is 0 Å². The third-order valence-corrected chi connectivity index (χ3v) is 7.57. The molecule has 2 aromatic heterocycles. The first kappa shape index (κ1) is 25.2. The second kappa shape index (κ2) is 10.1. The number of hydrogen-bond donors (Lipinski definition) is 2. The van der Waals surface area contributed by atoms with Crippen LogP contribution in [0.5, 0.6) is 0 Å². The van der Waals surface area contributed by atoms with Crippen LogP contribution >= 0.6 is 0 Å². The summed E-state index contributed by atoms with van der Waals surface area (Å²) in [7, 11) is 1.95. The minimum Gasteiger partial charge on any atom is -0.383 e. The van der Waals surface area contributed by atoms with Crippen LogP contribution in [0.2, 0.25) is 0 Å². The zero-order valence-electron chi connectivity index (χ0n) is 21.7. The van der Waals surface area contributed by atoms with Gasteiger partial charge in [0.25, 0.3) is 5.91 Å². The van der Waals surface area contributed by atoms with Gasteiger partial charge in [-0.3, -0.25) is 9.59 Å². The highest BCUT2D eigenvalue weighted by Gasteiger charge is 2.34. The molecule has 9 heteroatoms. The molecule has 0 radical (unpaired) electrons. The topological polar surface area (TPSA) is 130 Å². The maximum Gasteiger partial charge on any atom is 0.250 e. The van der Waals surface area contributed by atoms with Gasteiger partial charge in [-0.25, -0.2) is 9.97 Å². The van der Waals surface area contributed by atoms with Crippen LogP contribution in [0.3, 0.4) is 0 Å². The van der Waals surface area contributed by atoms with Gasteiger partial charge in [0.2, 0.25) is 5.91 Å². The molecule has 0 saturated carbocycles. The van der Waals surface area contributed by atoms with E-state index in [9.17, 15) is 14.9 Å². The van der Waals surface area contributed by atoms with Crippen molar-refractivity contribution in [1.82, 2.24) is 19.4 Å². The van der Waals surface area contributed by atoms with E-state index in [1.165, 1.54) is 6.33 Å². The predicted octanol–water partition coefficient (Wildman–Crippen LogP) is 4.43. The van der Waals surface area contributed by atoms with Crippen molar-refractivity contribution in [2.75, 3.05) is 17.6 Å². The van der Waals surface area contributed by atoms with Gasteiger partial charge in [0, 0.05) is 36.3 Å². The van der Waals surface area contributed by atoms with Crippen LogP contribution in [0, 0.1) is 17.2 Å². The fraction of sp³-hybridized carbons (Fsp3) is 0.345. The number of benzene rings is 1. The van der Waals surface area contributed by atoms with Crippen LogP contribution in [0.4, 0.5) is 11.5 Å². The molecule has 0 spiro atoms. The molecule has 0 bridgehead atoms. The summed E-state index contributed by atoms with van der Waals surface area (Å²) >= 11 is 0. The number of nitrogens with one attached hydrogen (secondary N) is 1. The SMILES string of the molecule is C=C(C)C(=O)Nc1ccc(-c2c(C3=CC[C@@H](C(=O)N4CCCC4C#N)CC3)c3c(N)ncnc3n2C)cc1. The molecule has 1 unspecified atom stereocenters. The number of carbonyl (C=O) groups is 2. The first-order chi connectivity index (χ1) is 18.3. The highest BCUT2D eigenvalue weighted by Crippen LogP contribution is 2.43. The molecule has 1 aromatic carbocycles. The minimum absolute atomic E-state index is 0.0812. The summed E-state index contributed by atoms with van der Waals surface area (Å²) in [6, 6.07) is 9.60. The summed E-state index contributed by atoms with van der Waals surface area (Å²) < 4.78 is 2.02. The van der Waals surface area contributed by atoms with Crippen molar-refractivity contribution in [1.29, 1.82) is 5.26 Å². The molecule has 2 atom stereocenters. The van der Waals surface area contributed by atoms with Gasteiger partial charge in [0.15, 0.2) is 0 Å². The van der Waals surface area contributed by atoms with E-state index in [0.717, 1.165) is 46.3 Å². The van der Waals surface area contributed by atoms with E-state index in [2.05, 4.69) is 34.0 Å². The first-order valence-electron chi connectivity index (χ1n) is 12.9. The number of nitrogens with zero attached hydrogens (tertiary/aromatic N) is 5. The molecule has 1 fully saturated rings. The number of likely N-dealkylation sites (tertiary alicyclic amines) is 1. The molecule has 1 aliphatic heterocycles. The van der Waals surface area contributed by atoms with E-state index < -0.39 is 0 Å². The Hall–Kier alpha value is -4.45. The lowest BCUT2D eigenvalue weighted by Crippen LogP contribution is -2.39. The van der Waals surface area contributed by atoms with Gasteiger partial charge in [-0.05, 0) is 62.3 Å². The Morgan fingerprint density at radius 1 is 1.21 bits per heavy atom. The number of nitrogens with two attached hydrogens (primary N) is 1. The standard InChI is InChI=1S/C29H31N7O2/c1-17(2)28(37)34-21-12-10-19(11-13-21)25-23(24-26(31)32-16-33-27(24)35(25)3)18-6-8-20(9-7-18)29(38)36-14-4-5-22(36)15-30/h6,10-13,16,20,22H,1,4-5,7-9,14H2,2-3H3,(H,34,37)(H2,31,32,33)/t20-,22?/m1/s1. The minimum atomic E-state index is -0.308. The van der Waals surface area contributed by atoms with Gasteiger partial charge in [-0.2, -0.15) is 5.26 Å². The Morgan fingerprint density at radius 3 is 2.63 bits per heavy atom. The van der Waals surface area contributed by atoms with Crippen molar-refractivity contribution in [2.24, 2.45) is 13.0 Å². The maximum atomic E-state index is 13.2. The highest BCUT2D eigenvalue weighted by atomic mass is 16.2. The number of aryl methyl sites for hydroxylation is 1. The maximum absolute atomic E-state index is 13.2. The van der Waals surface area contributed by atoms with Gasteiger partial charge in [-0.15, -0.1) is 0 Å². The van der Waals surface area contributed by atoms with E-state index in [-0.39, 0.29) is 23.8 Å². The molecule has 5 rings (SSSR count). The van der Waals surface area contributed by atoms with Crippen LogP contribution in [-0.4, -0.2) is 43.8 Å². The number of rotatable bonds is 5. The van der Waals surface area contributed by atoms with Gasteiger partial charge in [0.1, 0.15) is 23.8 Å². The molecular weight excluding hydrogens is 478 g/mol. The van der Waals surface area contributed by atoms with Crippen molar-refractivity contribution < 1.29 is 9.59 Å². The number of fused-ring (bicyclic) bond motifs is 1. The normalized spacial score (nSPS) is 19.2. The van der Waals surface area contributed by atoms with E-state index in [1.807, 2.05) is 35.9 Å². The van der Waals surface area contributed by atoms with Crippen LogP contribution in [0.25, 0.3) is 27.9 Å². The number of anilines is 2. The monoisotopic (exact) mass is 509 g/mol. The largest absolute Gasteiger partial charge is 0.383 e. The molecular formula is C29H31N7O2. The van der Waals surface area contributed by atoms with Crippen LogP contribution in [0.1, 0.15) is 44.6 Å². The Kier molecular flexibility index (Phi) is 6.72. The number of nitriles is 1. The van der Waals surface area contributed by atoms with Crippen LogP contribution < -0.4 is 11.1 Å². The molecule has 9 nitrogen and oxygen atoms in total. The molecule has 3 heterocycles. The summed E-state index contributed by atoms with van der Waals surface area (Å²) in [6.07, 6.45) is 7.25. The van der Waals surface area contributed by atoms with Crippen molar-refractivity contribution in [2.45, 2.75) is 45.1 Å². The van der Waals surface area contributed by atoms with Gasteiger partial charge in [0.05, 0.1) is 17.1 Å². The molecule has 2 amide bonds. The summed E-state index contributed by atoms with van der Waals surface area (Å²) in [5.74, 6) is 0.136. The Labute approximate surface area is 221 Å². The Bertz CT molecular complexity index is 1510. The van der Waals surface area contributed by atoms with Crippen molar-refractivity contribution in [3.63, 3.8) is 0 Å². The van der Waals surface area contributed by atoms with Gasteiger partial charge in [-0.1, -0.05) is 24.8 Å². The number of carbonyl (C=O) groups excluding carboxylic acids is 2. The molecule has 1 aliphatic carbocycles. The Morgan fingerprint density at radius 2 is 1.97 bits per heavy atom. The average Bonchev–Trinajstić information content (AvgIpc) is 3.52. The molecule has 2 aliphatic rings. The zero-order chi connectivity index (χ0) is 27.0. The third-order valence-electron chi connectivity index (χ3n) is 7.57. The lowest BCUT2D eigenvalue weighted by molar-refractivity contribution is -0.135. The smallest absolute Gasteiger partial charge is 0.250 e. The summed E-state index contributed by atoms with van der Waals surface area (Å²) in [5, 5.41) is 13.1. The van der Waals surface area contributed by atoms with E-state index in [0.29, 0.717) is 42.9 Å². The van der Waals surface area contributed by atoms with Crippen molar-refractivity contribution in [3.8, 4) is 17.3 Å².